The number of benzene rings is 3. The number of pyridine rings is 1. The van der Waals surface area contributed by atoms with Crippen molar-refractivity contribution in [3.63, 3.8) is 0 Å². The maximum Gasteiger partial charge on any atom is 0.131 e. The SMILES string of the molecule is C=CNCCN(CCC(C)C)Cc1ccc(-c2ccc3nccc(Nc4ccc(N)c(C=N)c4)c3c2)c(F)c1.CC. The highest BCUT2D eigenvalue weighted by atomic mass is 19.1. The molecule has 0 fully saturated rings. The Balaban J connectivity index is 0.00000226. The molecule has 1 aromatic heterocycles. The van der Waals surface area contributed by atoms with Gasteiger partial charge in [0.2, 0.25) is 0 Å². The smallest absolute Gasteiger partial charge is 0.131 e. The van der Waals surface area contributed by atoms with Crippen LogP contribution in [0.15, 0.2) is 79.6 Å². The highest BCUT2D eigenvalue weighted by molar-refractivity contribution is 5.96. The predicted octanol–water partition coefficient (Wildman–Crippen LogP) is 7.97. The number of nitrogen functional groups attached to an aromatic ring is 1. The fraction of sp³-hybridized carbons (Fsp3) is 0.294. The van der Waals surface area contributed by atoms with Gasteiger partial charge in [-0.05, 0) is 78.7 Å². The summed E-state index contributed by atoms with van der Waals surface area (Å²) in [6.07, 6.45) is 5.77. The van der Waals surface area contributed by atoms with Crippen molar-refractivity contribution in [3.05, 3.63) is 96.6 Å². The summed E-state index contributed by atoms with van der Waals surface area (Å²) < 4.78 is 15.5. The third kappa shape index (κ3) is 8.63. The molecule has 0 spiro atoms. The Morgan fingerprint density at radius 1 is 1.05 bits per heavy atom. The first-order chi connectivity index (χ1) is 19.9. The largest absolute Gasteiger partial charge is 0.398 e. The topological polar surface area (TPSA) is 90.1 Å². The number of hydrogen-bond donors (Lipinski definition) is 4. The van der Waals surface area contributed by atoms with Gasteiger partial charge in [0.1, 0.15) is 5.82 Å². The summed E-state index contributed by atoms with van der Waals surface area (Å²) in [4.78, 5) is 6.84. The summed E-state index contributed by atoms with van der Waals surface area (Å²) in [7, 11) is 0. The monoisotopic (exact) mass is 554 g/mol. The van der Waals surface area contributed by atoms with Crippen molar-refractivity contribution in [1.82, 2.24) is 15.2 Å². The number of aromatic nitrogens is 1. The van der Waals surface area contributed by atoms with Crippen molar-refractivity contribution < 1.29 is 4.39 Å². The van der Waals surface area contributed by atoms with E-state index in [1.165, 1.54) is 6.21 Å². The van der Waals surface area contributed by atoms with E-state index in [2.05, 4.69) is 40.9 Å². The first-order valence-corrected chi connectivity index (χ1v) is 14.3. The average Bonchev–Trinajstić information content (AvgIpc) is 2.98. The number of nitrogens with two attached hydrogens (primary N) is 1. The molecule has 0 radical (unpaired) electrons. The van der Waals surface area contributed by atoms with Gasteiger partial charge in [-0.1, -0.05) is 52.5 Å². The standard InChI is InChI=1S/C32H37FN6.C2H6/c1-4-36-14-16-39(15-12-22(2)3)21-23-5-8-27(29(33)17-23)24-6-10-31-28(19-24)32(11-13-37-31)38-26-7-9-30(35)25(18-26)20-34;1-2/h4-11,13,17-20,22,34,36H,1,12,14-16,21,35H2,2-3H3,(H,37,38);1-2H3. The first kappa shape index (κ1) is 31.3. The van der Waals surface area contributed by atoms with Gasteiger partial charge in [0.25, 0.3) is 0 Å². The van der Waals surface area contributed by atoms with Crippen LogP contribution in [0.3, 0.4) is 0 Å². The van der Waals surface area contributed by atoms with Crippen LogP contribution in [0.25, 0.3) is 22.0 Å². The normalized spacial score (nSPS) is 10.8. The molecule has 0 unspecified atom stereocenters. The summed E-state index contributed by atoms with van der Waals surface area (Å²) in [5.74, 6) is 0.367. The number of nitrogens with one attached hydrogen (secondary N) is 3. The van der Waals surface area contributed by atoms with E-state index in [1.807, 2.05) is 62.4 Å². The van der Waals surface area contributed by atoms with Crippen LogP contribution in [-0.2, 0) is 6.54 Å². The molecule has 3 aromatic carbocycles. The number of anilines is 3. The van der Waals surface area contributed by atoms with Crippen molar-refractivity contribution in [2.75, 3.05) is 30.7 Å². The fourth-order valence-corrected chi connectivity index (χ4v) is 4.54. The Morgan fingerprint density at radius 3 is 2.56 bits per heavy atom. The molecule has 0 bridgehead atoms. The molecule has 6 nitrogen and oxygen atoms in total. The summed E-state index contributed by atoms with van der Waals surface area (Å²) in [5, 5.41) is 15.0. The van der Waals surface area contributed by atoms with Crippen LogP contribution in [0.2, 0.25) is 0 Å². The zero-order valence-corrected chi connectivity index (χ0v) is 24.7. The Morgan fingerprint density at radius 2 is 1.85 bits per heavy atom. The minimum absolute atomic E-state index is 0.243. The molecule has 1 heterocycles. The number of hydrogen-bond acceptors (Lipinski definition) is 6. The molecule has 0 aliphatic heterocycles. The van der Waals surface area contributed by atoms with Gasteiger partial charge in [-0.25, -0.2) is 4.39 Å². The van der Waals surface area contributed by atoms with Crippen molar-refractivity contribution >= 4 is 34.2 Å². The van der Waals surface area contributed by atoms with Crippen LogP contribution < -0.4 is 16.4 Å². The van der Waals surface area contributed by atoms with Gasteiger partial charge in [-0.15, -0.1) is 0 Å². The van der Waals surface area contributed by atoms with Crippen LogP contribution in [0.5, 0.6) is 0 Å². The molecule has 216 valence electrons. The minimum atomic E-state index is -0.243. The second-order valence-electron chi connectivity index (χ2n) is 10.1. The minimum Gasteiger partial charge on any atom is -0.398 e. The predicted molar refractivity (Wildman–Crippen MR) is 173 cm³/mol. The van der Waals surface area contributed by atoms with E-state index in [9.17, 15) is 0 Å². The highest BCUT2D eigenvalue weighted by Gasteiger charge is 2.13. The molecule has 0 aliphatic carbocycles. The summed E-state index contributed by atoms with van der Waals surface area (Å²) in [6.45, 7) is 15.5. The molecule has 5 N–H and O–H groups in total. The number of fused-ring (bicyclic) bond motifs is 1. The lowest BCUT2D eigenvalue weighted by molar-refractivity contribution is 0.252. The van der Waals surface area contributed by atoms with Gasteiger partial charge >= 0.3 is 0 Å². The van der Waals surface area contributed by atoms with Crippen LogP contribution in [0.4, 0.5) is 21.5 Å². The van der Waals surface area contributed by atoms with Gasteiger partial charge in [0, 0.05) is 65.6 Å². The Bertz CT molecular complexity index is 1450. The molecule has 0 aliphatic rings. The second kappa shape index (κ2) is 15.5. The Kier molecular flexibility index (Phi) is 11.9. The second-order valence-corrected chi connectivity index (χ2v) is 10.1. The fourth-order valence-electron chi connectivity index (χ4n) is 4.54. The van der Waals surface area contributed by atoms with Crippen LogP contribution in [-0.4, -0.2) is 35.7 Å². The van der Waals surface area contributed by atoms with E-state index < -0.39 is 0 Å². The summed E-state index contributed by atoms with van der Waals surface area (Å²) in [6, 6.07) is 18.7. The van der Waals surface area contributed by atoms with Gasteiger partial charge in [-0.3, -0.25) is 9.88 Å². The van der Waals surface area contributed by atoms with E-state index in [4.69, 9.17) is 11.1 Å². The van der Waals surface area contributed by atoms with Crippen LogP contribution in [0, 0.1) is 17.1 Å². The lowest BCUT2D eigenvalue weighted by Crippen LogP contribution is -2.31. The molecule has 0 saturated carbocycles. The molecule has 0 saturated heterocycles. The molecular weight excluding hydrogens is 511 g/mol. The van der Waals surface area contributed by atoms with Crippen molar-refractivity contribution in [3.8, 4) is 11.1 Å². The van der Waals surface area contributed by atoms with Crippen LogP contribution in [0.1, 0.15) is 45.2 Å². The van der Waals surface area contributed by atoms with Crippen molar-refractivity contribution in [2.24, 2.45) is 5.92 Å². The number of nitrogens with zero attached hydrogens (tertiary/aromatic N) is 2. The molecular formula is C34H43FN6. The van der Waals surface area contributed by atoms with E-state index in [0.717, 1.165) is 59.5 Å². The highest BCUT2D eigenvalue weighted by Crippen LogP contribution is 2.32. The van der Waals surface area contributed by atoms with Gasteiger partial charge in [-0.2, -0.15) is 0 Å². The Labute approximate surface area is 244 Å². The molecule has 0 amide bonds. The Hall–Kier alpha value is -4.23. The zero-order valence-electron chi connectivity index (χ0n) is 24.7. The maximum absolute atomic E-state index is 15.5. The third-order valence-corrected chi connectivity index (χ3v) is 6.75. The van der Waals surface area contributed by atoms with Crippen molar-refractivity contribution in [2.45, 2.75) is 40.7 Å². The average molecular weight is 555 g/mol. The lowest BCUT2D eigenvalue weighted by Gasteiger charge is -2.23. The molecule has 7 heteroatoms. The molecule has 41 heavy (non-hydrogen) atoms. The molecule has 0 atom stereocenters. The number of halogens is 1. The van der Waals surface area contributed by atoms with E-state index >= 15 is 4.39 Å². The first-order valence-electron chi connectivity index (χ1n) is 14.3. The van der Waals surface area contributed by atoms with E-state index in [1.54, 1.807) is 24.5 Å². The zero-order chi connectivity index (χ0) is 29.8. The van der Waals surface area contributed by atoms with Gasteiger partial charge in [0.15, 0.2) is 0 Å². The summed E-state index contributed by atoms with van der Waals surface area (Å²) in [5.41, 5.74) is 11.9. The maximum atomic E-state index is 15.5. The lowest BCUT2D eigenvalue weighted by atomic mass is 10.00. The van der Waals surface area contributed by atoms with Crippen molar-refractivity contribution in [1.29, 1.82) is 5.41 Å². The number of rotatable bonds is 13. The van der Waals surface area contributed by atoms with E-state index in [0.29, 0.717) is 29.3 Å². The quantitative estimate of drug-likeness (QED) is 0.0764. The van der Waals surface area contributed by atoms with Gasteiger partial charge < -0.3 is 21.8 Å². The third-order valence-electron chi connectivity index (χ3n) is 6.75. The van der Waals surface area contributed by atoms with Gasteiger partial charge in [0.05, 0.1) is 5.52 Å². The van der Waals surface area contributed by atoms with E-state index in [-0.39, 0.29) is 5.82 Å². The molecule has 4 aromatic rings. The summed E-state index contributed by atoms with van der Waals surface area (Å²) >= 11 is 0. The van der Waals surface area contributed by atoms with Crippen LogP contribution >= 0.6 is 0 Å². The molecule has 4 rings (SSSR count).